The predicted molar refractivity (Wildman–Crippen MR) is 88.1 cm³/mol. The molecule has 0 bridgehead atoms. The first-order chi connectivity index (χ1) is 10.5. The number of ether oxygens (including phenoxy) is 1. The first kappa shape index (κ1) is 15.9. The van der Waals surface area contributed by atoms with Gasteiger partial charge in [0.1, 0.15) is 6.07 Å². The van der Waals surface area contributed by atoms with Gasteiger partial charge in [-0.15, -0.1) is 0 Å². The maximum atomic E-state index is 12.0. The SMILES string of the molecule is CCNc1ccc(Br)cc1-n1cc(C#N)c(N)c1C(=O)OC. The van der Waals surface area contributed by atoms with Gasteiger partial charge in [0.15, 0.2) is 5.69 Å². The lowest BCUT2D eigenvalue weighted by atomic mass is 10.2. The maximum Gasteiger partial charge on any atom is 0.357 e. The summed E-state index contributed by atoms with van der Waals surface area (Å²) >= 11 is 3.41. The van der Waals surface area contributed by atoms with Crippen LogP contribution in [-0.2, 0) is 4.74 Å². The van der Waals surface area contributed by atoms with Crippen LogP contribution in [-0.4, -0.2) is 24.2 Å². The number of carbonyl (C=O) groups excluding carboxylic acids is 1. The summed E-state index contributed by atoms with van der Waals surface area (Å²) in [4.78, 5) is 12.0. The van der Waals surface area contributed by atoms with Gasteiger partial charge in [-0.05, 0) is 25.1 Å². The van der Waals surface area contributed by atoms with Crippen LogP contribution >= 0.6 is 15.9 Å². The summed E-state index contributed by atoms with van der Waals surface area (Å²) < 4.78 is 7.20. The number of hydrogen-bond acceptors (Lipinski definition) is 5. The number of anilines is 2. The molecule has 6 nitrogen and oxygen atoms in total. The first-order valence-electron chi connectivity index (χ1n) is 6.56. The van der Waals surface area contributed by atoms with E-state index in [9.17, 15) is 4.79 Å². The van der Waals surface area contributed by atoms with Gasteiger partial charge < -0.3 is 20.4 Å². The Morgan fingerprint density at radius 3 is 2.86 bits per heavy atom. The Kier molecular flexibility index (Phi) is 4.73. The fourth-order valence-corrected chi connectivity index (χ4v) is 2.50. The zero-order valence-electron chi connectivity index (χ0n) is 12.2. The Hall–Kier alpha value is -2.46. The Morgan fingerprint density at radius 2 is 2.27 bits per heavy atom. The molecule has 2 aromatic rings. The van der Waals surface area contributed by atoms with Crippen LogP contribution in [0.1, 0.15) is 23.0 Å². The summed E-state index contributed by atoms with van der Waals surface area (Å²) in [5, 5.41) is 12.4. The number of nitrogens with one attached hydrogen (secondary N) is 1. The molecule has 2 rings (SSSR count). The van der Waals surface area contributed by atoms with Crippen molar-refractivity contribution in [3.05, 3.63) is 40.1 Å². The third kappa shape index (κ3) is 2.78. The van der Waals surface area contributed by atoms with Gasteiger partial charge in [-0.25, -0.2) is 4.79 Å². The molecule has 0 aliphatic carbocycles. The van der Waals surface area contributed by atoms with E-state index < -0.39 is 5.97 Å². The van der Waals surface area contributed by atoms with Crippen molar-refractivity contribution in [2.75, 3.05) is 24.7 Å². The smallest absolute Gasteiger partial charge is 0.357 e. The van der Waals surface area contributed by atoms with Crippen LogP contribution in [0.2, 0.25) is 0 Å². The van der Waals surface area contributed by atoms with E-state index in [0.29, 0.717) is 12.2 Å². The Bertz CT molecular complexity index is 762. The summed E-state index contributed by atoms with van der Waals surface area (Å²) in [6.07, 6.45) is 1.53. The second kappa shape index (κ2) is 6.54. The minimum atomic E-state index is -0.596. The van der Waals surface area contributed by atoms with Crippen molar-refractivity contribution in [1.29, 1.82) is 5.26 Å². The van der Waals surface area contributed by atoms with Gasteiger partial charge in [-0.1, -0.05) is 15.9 Å². The number of nitrogen functional groups attached to an aromatic ring is 1. The molecule has 0 spiro atoms. The van der Waals surface area contributed by atoms with Crippen molar-refractivity contribution in [3.63, 3.8) is 0 Å². The summed E-state index contributed by atoms with van der Waals surface area (Å²) in [6, 6.07) is 7.59. The summed E-state index contributed by atoms with van der Waals surface area (Å²) in [7, 11) is 1.28. The van der Waals surface area contributed by atoms with Gasteiger partial charge >= 0.3 is 5.97 Å². The molecule has 0 saturated carbocycles. The number of carbonyl (C=O) groups is 1. The quantitative estimate of drug-likeness (QED) is 0.815. The number of hydrogen-bond donors (Lipinski definition) is 2. The molecular weight excluding hydrogens is 348 g/mol. The largest absolute Gasteiger partial charge is 0.464 e. The van der Waals surface area contributed by atoms with Gasteiger partial charge in [-0.3, -0.25) is 0 Å². The first-order valence-corrected chi connectivity index (χ1v) is 7.35. The highest BCUT2D eigenvalue weighted by Gasteiger charge is 2.23. The minimum Gasteiger partial charge on any atom is -0.464 e. The highest BCUT2D eigenvalue weighted by atomic mass is 79.9. The van der Waals surface area contributed by atoms with Gasteiger partial charge in [-0.2, -0.15) is 5.26 Å². The number of nitriles is 1. The minimum absolute atomic E-state index is 0.108. The van der Waals surface area contributed by atoms with E-state index >= 15 is 0 Å². The van der Waals surface area contributed by atoms with E-state index in [2.05, 4.69) is 21.2 Å². The molecule has 0 saturated heterocycles. The molecule has 0 aliphatic rings. The summed E-state index contributed by atoms with van der Waals surface area (Å²) in [5.74, 6) is -0.596. The third-order valence-corrected chi connectivity index (χ3v) is 3.62. The molecule has 0 aliphatic heterocycles. The highest BCUT2D eigenvalue weighted by Crippen LogP contribution is 2.30. The number of nitrogens with zero attached hydrogens (tertiary/aromatic N) is 2. The lowest BCUT2D eigenvalue weighted by Gasteiger charge is -2.14. The molecule has 1 aromatic heterocycles. The molecule has 0 radical (unpaired) electrons. The van der Waals surface area contributed by atoms with Crippen molar-refractivity contribution in [1.82, 2.24) is 4.57 Å². The second-order valence-electron chi connectivity index (χ2n) is 4.47. The lowest BCUT2D eigenvalue weighted by molar-refractivity contribution is 0.0593. The number of rotatable bonds is 4. The monoisotopic (exact) mass is 362 g/mol. The van der Waals surface area contributed by atoms with E-state index in [0.717, 1.165) is 10.2 Å². The number of nitrogens with two attached hydrogens (primary N) is 1. The van der Waals surface area contributed by atoms with E-state index in [-0.39, 0.29) is 16.9 Å². The van der Waals surface area contributed by atoms with Crippen LogP contribution in [0.25, 0.3) is 5.69 Å². The molecule has 3 N–H and O–H groups in total. The molecule has 114 valence electrons. The van der Waals surface area contributed by atoms with E-state index in [4.69, 9.17) is 15.7 Å². The number of benzene rings is 1. The molecule has 7 heteroatoms. The lowest BCUT2D eigenvalue weighted by Crippen LogP contribution is -2.12. The zero-order valence-corrected chi connectivity index (χ0v) is 13.8. The Morgan fingerprint density at radius 1 is 1.55 bits per heavy atom. The predicted octanol–water partition coefficient (Wildman–Crippen LogP) is 2.91. The standard InChI is InChI=1S/C15H15BrN4O2/c1-3-19-11-5-4-10(16)6-12(11)20-8-9(7-17)13(18)14(20)15(21)22-2/h4-6,8,19H,3,18H2,1-2H3. The Balaban J connectivity index is 2.75. The average molecular weight is 363 g/mol. The summed E-state index contributed by atoms with van der Waals surface area (Å²) in [5.41, 5.74) is 7.90. The van der Waals surface area contributed by atoms with Crippen molar-refractivity contribution in [2.24, 2.45) is 0 Å². The van der Waals surface area contributed by atoms with Gasteiger partial charge in [0.25, 0.3) is 0 Å². The molecule has 1 heterocycles. The van der Waals surface area contributed by atoms with Crippen molar-refractivity contribution in [3.8, 4) is 11.8 Å². The van der Waals surface area contributed by atoms with Gasteiger partial charge in [0, 0.05) is 17.2 Å². The number of halogens is 1. The molecule has 0 amide bonds. The average Bonchev–Trinajstić information content (AvgIpc) is 2.85. The van der Waals surface area contributed by atoms with Crippen LogP contribution in [0, 0.1) is 11.3 Å². The molecule has 0 atom stereocenters. The zero-order chi connectivity index (χ0) is 16.3. The van der Waals surface area contributed by atoms with Crippen LogP contribution < -0.4 is 11.1 Å². The van der Waals surface area contributed by atoms with Crippen LogP contribution in [0.15, 0.2) is 28.9 Å². The van der Waals surface area contributed by atoms with E-state index in [1.165, 1.54) is 13.3 Å². The van der Waals surface area contributed by atoms with Gasteiger partial charge in [0.2, 0.25) is 0 Å². The molecule has 1 aromatic carbocycles. The van der Waals surface area contributed by atoms with Gasteiger partial charge in [0.05, 0.1) is 29.7 Å². The molecule has 0 fully saturated rings. The topological polar surface area (TPSA) is 93.1 Å². The van der Waals surface area contributed by atoms with Crippen LogP contribution in [0.5, 0.6) is 0 Å². The fraction of sp³-hybridized carbons (Fsp3) is 0.200. The van der Waals surface area contributed by atoms with Crippen LogP contribution in [0.4, 0.5) is 11.4 Å². The third-order valence-electron chi connectivity index (χ3n) is 3.13. The molecular formula is C15H15BrN4O2. The number of methoxy groups -OCH3 is 1. The van der Waals surface area contributed by atoms with Crippen LogP contribution in [0.3, 0.4) is 0 Å². The number of aromatic nitrogens is 1. The second-order valence-corrected chi connectivity index (χ2v) is 5.39. The van der Waals surface area contributed by atoms with E-state index in [1.807, 2.05) is 31.2 Å². The fourth-order valence-electron chi connectivity index (χ4n) is 2.15. The Labute approximate surface area is 136 Å². The molecule has 0 unspecified atom stereocenters. The maximum absolute atomic E-state index is 12.0. The van der Waals surface area contributed by atoms with Crippen molar-refractivity contribution >= 4 is 33.3 Å². The highest BCUT2D eigenvalue weighted by molar-refractivity contribution is 9.10. The summed E-state index contributed by atoms with van der Waals surface area (Å²) in [6.45, 7) is 2.68. The normalized spacial score (nSPS) is 10.1. The van der Waals surface area contributed by atoms with E-state index in [1.54, 1.807) is 4.57 Å². The van der Waals surface area contributed by atoms with Crippen molar-refractivity contribution in [2.45, 2.75) is 6.92 Å². The molecule has 22 heavy (non-hydrogen) atoms. The van der Waals surface area contributed by atoms with Crippen molar-refractivity contribution < 1.29 is 9.53 Å². The number of esters is 1.